The Bertz CT molecular complexity index is 716. The third-order valence-electron chi connectivity index (χ3n) is 3.16. The fraction of sp³-hybridized carbons (Fsp3) is 0.286. The molecule has 0 bridgehead atoms. The molecule has 0 saturated heterocycles. The number of carbonyl (C=O) groups excluding carboxylic acids is 1. The van der Waals surface area contributed by atoms with E-state index in [-0.39, 0.29) is 13.1 Å². The SMILES string of the molecule is CCN(CC)C(=O)/C(C#N)=C(\O)c1cc([N+](=O)[O-])c(O)cc1O. The molecule has 1 aromatic carbocycles. The van der Waals surface area contributed by atoms with Gasteiger partial charge in [-0.1, -0.05) is 0 Å². The van der Waals surface area contributed by atoms with E-state index in [1.807, 2.05) is 0 Å². The van der Waals surface area contributed by atoms with Gasteiger partial charge in [-0.05, 0) is 13.8 Å². The predicted molar refractivity (Wildman–Crippen MR) is 79.5 cm³/mol. The molecule has 9 heteroatoms. The summed E-state index contributed by atoms with van der Waals surface area (Å²) < 4.78 is 0. The molecule has 1 aromatic rings. The number of amides is 1. The lowest BCUT2D eigenvalue weighted by Crippen LogP contribution is -2.31. The van der Waals surface area contributed by atoms with E-state index in [1.165, 1.54) is 11.0 Å². The van der Waals surface area contributed by atoms with Crippen LogP contribution in [0.3, 0.4) is 0 Å². The molecular weight excluding hydrogens is 306 g/mol. The molecule has 0 heterocycles. The van der Waals surface area contributed by atoms with Crippen molar-refractivity contribution >= 4 is 17.4 Å². The Morgan fingerprint density at radius 1 is 1.30 bits per heavy atom. The number of aliphatic hydroxyl groups is 1. The molecule has 0 radical (unpaired) electrons. The highest BCUT2D eigenvalue weighted by molar-refractivity contribution is 6.04. The number of rotatable bonds is 5. The third-order valence-corrected chi connectivity index (χ3v) is 3.16. The van der Waals surface area contributed by atoms with E-state index in [0.29, 0.717) is 12.1 Å². The zero-order valence-corrected chi connectivity index (χ0v) is 12.5. The van der Waals surface area contributed by atoms with Crippen LogP contribution in [0.25, 0.3) is 5.76 Å². The molecule has 0 spiro atoms. The number of aliphatic hydroxyl groups excluding tert-OH is 1. The van der Waals surface area contributed by atoms with Crippen LogP contribution in [-0.4, -0.2) is 44.1 Å². The first-order valence-electron chi connectivity index (χ1n) is 6.61. The molecule has 0 fully saturated rings. The average molecular weight is 321 g/mol. The first kappa shape index (κ1) is 17.8. The second kappa shape index (κ2) is 7.13. The summed E-state index contributed by atoms with van der Waals surface area (Å²) in [5.41, 5.74) is -1.94. The Kier molecular flexibility index (Phi) is 5.51. The Hall–Kier alpha value is -3.28. The van der Waals surface area contributed by atoms with Gasteiger partial charge in [0.15, 0.2) is 11.3 Å². The molecule has 0 aliphatic rings. The number of benzene rings is 1. The van der Waals surface area contributed by atoms with Crippen LogP contribution in [-0.2, 0) is 4.79 Å². The minimum absolute atomic E-state index is 0.287. The molecule has 0 unspecified atom stereocenters. The van der Waals surface area contributed by atoms with Crippen molar-refractivity contribution in [3.63, 3.8) is 0 Å². The molecule has 0 aliphatic heterocycles. The van der Waals surface area contributed by atoms with Crippen LogP contribution in [0.1, 0.15) is 19.4 Å². The highest BCUT2D eigenvalue weighted by Gasteiger charge is 2.25. The van der Waals surface area contributed by atoms with Crippen LogP contribution in [0.15, 0.2) is 17.7 Å². The largest absolute Gasteiger partial charge is 0.507 e. The molecule has 1 rings (SSSR count). The maximum Gasteiger partial charge on any atom is 0.311 e. The van der Waals surface area contributed by atoms with Gasteiger partial charge in [-0.3, -0.25) is 14.9 Å². The number of hydrogen-bond acceptors (Lipinski definition) is 7. The van der Waals surface area contributed by atoms with Crippen molar-refractivity contribution in [1.29, 1.82) is 5.26 Å². The van der Waals surface area contributed by atoms with E-state index in [2.05, 4.69) is 0 Å². The van der Waals surface area contributed by atoms with Gasteiger partial charge in [-0.25, -0.2) is 0 Å². The Morgan fingerprint density at radius 3 is 2.30 bits per heavy atom. The van der Waals surface area contributed by atoms with Crippen molar-refractivity contribution in [2.75, 3.05) is 13.1 Å². The summed E-state index contributed by atoms with van der Waals surface area (Å²) in [6.45, 7) is 3.93. The van der Waals surface area contributed by atoms with Crippen molar-refractivity contribution in [3.05, 3.63) is 33.4 Å². The van der Waals surface area contributed by atoms with E-state index in [1.54, 1.807) is 13.8 Å². The van der Waals surface area contributed by atoms with E-state index < -0.39 is 44.9 Å². The summed E-state index contributed by atoms with van der Waals surface area (Å²) in [7, 11) is 0. The standard InChI is InChI=1S/C14H15N3O6/c1-3-16(4-2)14(21)9(7-15)13(20)8-5-10(17(22)23)12(19)6-11(8)18/h5-6,18-20H,3-4H2,1-2H3/b13-9-. The molecule has 23 heavy (non-hydrogen) atoms. The maximum atomic E-state index is 12.2. The highest BCUT2D eigenvalue weighted by Crippen LogP contribution is 2.36. The summed E-state index contributed by atoms with van der Waals surface area (Å²) in [6, 6.07) is 2.88. The molecular formula is C14H15N3O6. The number of phenolic OH excluding ortho intramolecular Hbond substituents is 2. The molecule has 1 amide bonds. The normalized spacial score (nSPS) is 11.3. The van der Waals surface area contributed by atoms with Crippen molar-refractivity contribution in [3.8, 4) is 17.6 Å². The Morgan fingerprint density at radius 2 is 1.87 bits per heavy atom. The van der Waals surface area contributed by atoms with Crippen LogP contribution in [0.2, 0.25) is 0 Å². The van der Waals surface area contributed by atoms with Gasteiger partial charge in [-0.2, -0.15) is 5.26 Å². The van der Waals surface area contributed by atoms with Gasteiger partial charge >= 0.3 is 5.69 Å². The number of carbonyl (C=O) groups is 1. The van der Waals surface area contributed by atoms with Crippen LogP contribution in [0.5, 0.6) is 11.5 Å². The van der Waals surface area contributed by atoms with Gasteiger partial charge in [0.05, 0.1) is 10.5 Å². The number of likely N-dealkylation sites (N-methyl/N-ethyl adjacent to an activating group) is 1. The van der Waals surface area contributed by atoms with Crippen molar-refractivity contribution in [1.82, 2.24) is 4.90 Å². The van der Waals surface area contributed by atoms with Crippen molar-refractivity contribution in [2.45, 2.75) is 13.8 Å². The topological polar surface area (TPSA) is 148 Å². The van der Waals surface area contributed by atoms with Gasteiger partial charge in [0, 0.05) is 25.2 Å². The first-order chi connectivity index (χ1) is 10.8. The fourth-order valence-electron chi connectivity index (χ4n) is 1.91. The molecule has 3 N–H and O–H groups in total. The number of nitrogens with zero attached hydrogens (tertiary/aromatic N) is 3. The highest BCUT2D eigenvalue weighted by atomic mass is 16.6. The summed E-state index contributed by atoms with van der Waals surface area (Å²) >= 11 is 0. The van der Waals surface area contributed by atoms with Crippen molar-refractivity contribution < 1.29 is 25.0 Å². The predicted octanol–water partition coefficient (Wildman–Crippen LogP) is 1.67. The number of nitro benzene ring substituents is 1. The number of hydrogen-bond donors (Lipinski definition) is 3. The lowest BCUT2D eigenvalue weighted by atomic mass is 10.1. The molecule has 0 saturated carbocycles. The lowest BCUT2D eigenvalue weighted by molar-refractivity contribution is -0.385. The summed E-state index contributed by atoms with van der Waals surface area (Å²) in [6.07, 6.45) is 0. The summed E-state index contributed by atoms with van der Waals surface area (Å²) in [5.74, 6) is -3.18. The van der Waals surface area contributed by atoms with Crippen molar-refractivity contribution in [2.24, 2.45) is 0 Å². The zero-order chi connectivity index (χ0) is 17.7. The van der Waals surface area contributed by atoms with E-state index in [4.69, 9.17) is 5.26 Å². The van der Waals surface area contributed by atoms with Crippen LogP contribution < -0.4 is 0 Å². The number of nitriles is 1. The molecule has 9 nitrogen and oxygen atoms in total. The first-order valence-corrected chi connectivity index (χ1v) is 6.61. The van der Waals surface area contributed by atoms with E-state index >= 15 is 0 Å². The van der Waals surface area contributed by atoms with Crippen LogP contribution >= 0.6 is 0 Å². The fourth-order valence-corrected chi connectivity index (χ4v) is 1.91. The van der Waals surface area contributed by atoms with Crippen LogP contribution in [0.4, 0.5) is 5.69 Å². The minimum Gasteiger partial charge on any atom is -0.507 e. The average Bonchev–Trinajstić information content (AvgIpc) is 2.48. The van der Waals surface area contributed by atoms with Gasteiger partial charge in [0.1, 0.15) is 17.6 Å². The molecule has 0 aromatic heterocycles. The number of phenols is 2. The van der Waals surface area contributed by atoms with E-state index in [9.17, 15) is 30.2 Å². The lowest BCUT2D eigenvalue weighted by Gasteiger charge is -2.18. The second-order valence-electron chi connectivity index (χ2n) is 4.43. The monoisotopic (exact) mass is 321 g/mol. The Balaban J connectivity index is 3.54. The minimum atomic E-state index is -0.927. The summed E-state index contributed by atoms with van der Waals surface area (Å²) in [4.78, 5) is 23.3. The zero-order valence-electron chi connectivity index (χ0n) is 12.5. The molecule has 0 aliphatic carbocycles. The van der Waals surface area contributed by atoms with Gasteiger partial charge in [-0.15, -0.1) is 0 Å². The van der Waals surface area contributed by atoms with Gasteiger partial charge in [0.2, 0.25) is 0 Å². The number of aromatic hydroxyl groups is 2. The van der Waals surface area contributed by atoms with Gasteiger partial charge < -0.3 is 20.2 Å². The molecule has 122 valence electrons. The van der Waals surface area contributed by atoms with E-state index in [0.717, 1.165) is 0 Å². The summed E-state index contributed by atoms with van der Waals surface area (Å²) in [5, 5.41) is 49.2. The van der Waals surface area contributed by atoms with Gasteiger partial charge in [0.25, 0.3) is 5.91 Å². The van der Waals surface area contributed by atoms with Crippen LogP contribution in [0, 0.1) is 21.4 Å². The maximum absolute atomic E-state index is 12.2. The number of nitro groups is 1. The quantitative estimate of drug-likeness (QED) is 0.245. The smallest absolute Gasteiger partial charge is 0.311 e. The Labute approximate surface area is 131 Å². The third kappa shape index (κ3) is 3.49. The molecule has 0 atom stereocenters. The second-order valence-corrected chi connectivity index (χ2v) is 4.43.